The van der Waals surface area contributed by atoms with Gasteiger partial charge in [0.05, 0.1) is 5.56 Å². The predicted molar refractivity (Wildman–Crippen MR) is 64.7 cm³/mol. The maximum atomic E-state index is 11.3. The maximum Gasteiger partial charge on any atom is 0.250 e. The molecule has 0 aliphatic heterocycles. The molecule has 1 saturated carbocycles. The van der Waals surface area contributed by atoms with Crippen molar-refractivity contribution in [3.8, 4) is 0 Å². The maximum absolute atomic E-state index is 11.3. The first-order chi connectivity index (χ1) is 8.08. The van der Waals surface area contributed by atoms with Crippen LogP contribution in [0.15, 0.2) is 18.2 Å². The van der Waals surface area contributed by atoms with Crippen LogP contribution in [0.1, 0.15) is 40.0 Å². The van der Waals surface area contributed by atoms with Crippen molar-refractivity contribution in [1.82, 2.24) is 0 Å². The lowest BCUT2D eigenvalue weighted by atomic mass is 9.92. The van der Waals surface area contributed by atoms with Gasteiger partial charge in [0.1, 0.15) is 0 Å². The van der Waals surface area contributed by atoms with Gasteiger partial charge in [-0.1, -0.05) is 0 Å². The molecule has 0 bridgehead atoms. The zero-order chi connectivity index (χ0) is 12.4. The summed E-state index contributed by atoms with van der Waals surface area (Å²) in [7, 11) is 0. The molecule has 90 valence electrons. The molecule has 5 heteroatoms. The summed E-state index contributed by atoms with van der Waals surface area (Å²) in [6, 6.07) is 4.98. The third-order valence-electron chi connectivity index (χ3n) is 3.03. The smallest absolute Gasteiger partial charge is 0.250 e. The first-order valence-corrected chi connectivity index (χ1v) is 5.58. The summed E-state index contributed by atoms with van der Waals surface area (Å²) in [4.78, 5) is 22.3. The van der Waals surface area contributed by atoms with Gasteiger partial charge < -0.3 is 16.8 Å². The van der Waals surface area contributed by atoms with Crippen LogP contribution in [0.25, 0.3) is 0 Å². The minimum absolute atomic E-state index is 0.358. The number of hydrogen-bond acceptors (Lipinski definition) is 3. The molecule has 0 radical (unpaired) electrons. The number of carbonyl (C=O) groups excluding carboxylic acids is 2. The van der Waals surface area contributed by atoms with Crippen LogP contribution < -0.4 is 16.8 Å². The fraction of sp³-hybridized carbons (Fsp3) is 0.333. The zero-order valence-corrected chi connectivity index (χ0v) is 9.40. The summed E-state index contributed by atoms with van der Waals surface area (Å²) in [5, 5.41) is 3.21. The average molecular weight is 233 g/mol. The largest absolute Gasteiger partial charge is 0.382 e. The van der Waals surface area contributed by atoms with Gasteiger partial charge in [-0.25, -0.2) is 0 Å². The van der Waals surface area contributed by atoms with Crippen LogP contribution in [0.2, 0.25) is 0 Å². The van der Waals surface area contributed by atoms with E-state index < -0.39 is 11.8 Å². The van der Waals surface area contributed by atoms with Crippen molar-refractivity contribution in [2.24, 2.45) is 11.5 Å². The molecule has 1 aliphatic carbocycles. The Morgan fingerprint density at radius 1 is 1.18 bits per heavy atom. The summed E-state index contributed by atoms with van der Waals surface area (Å²) < 4.78 is 0. The van der Waals surface area contributed by atoms with Gasteiger partial charge >= 0.3 is 0 Å². The summed E-state index contributed by atoms with van der Waals surface area (Å²) in [6.45, 7) is 0. The van der Waals surface area contributed by atoms with Crippen LogP contribution in [0.3, 0.4) is 0 Å². The molecule has 2 rings (SSSR count). The van der Waals surface area contributed by atoms with Crippen molar-refractivity contribution < 1.29 is 9.59 Å². The highest BCUT2D eigenvalue weighted by molar-refractivity contribution is 6.01. The standard InChI is InChI=1S/C12H15N3O2/c13-11(16)7-4-5-9(12(14)17)10(6-7)15-8-2-1-3-8/h4-6,8,15H,1-3H2,(H2,13,16)(H2,14,17). The lowest BCUT2D eigenvalue weighted by Crippen LogP contribution is -2.29. The van der Waals surface area contributed by atoms with E-state index in [9.17, 15) is 9.59 Å². The summed E-state index contributed by atoms with van der Waals surface area (Å²) in [6.07, 6.45) is 3.32. The second-order valence-electron chi connectivity index (χ2n) is 4.26. The number of nitrogens with one attached hydrogen (secondary N) is 1. The van der Waals surface area contributed by atoms with Gasteiger partial charge in [0, 0.05) is 17.3 Å². The van der Waals surface area contributed by atoms with Crippen LogP contribution in [0, 0.1) is 0 Å². The Morgan fingerprint density at radius 3 is 2.35 bits per heavy atom. The van der Waals surface area contributed by atoms with Gasteiger partial charge in [0.25, 0.3) is 5.91 Å². The molecule has 0 heterocycles. The molecule has 2 amide bonds. The lowest BCUT2D eigenvalue weighted by Gasteiger charge is -2.28. The molecule has 1 aliphatic rings. The van der Waals surface area contributed by atoms with Crippen molar-refractivity contribution in [3.05, 3.63) is 29.3 Å². The summed E-state index contributed by atoms with van der Waals surface area (Å²) in [5.41, 5.74) is 11.8. The van der Waals surface area contributed by atoms with E-state index in [1.54, 1.807) is 6.07 Å². The molecule has 1 fully saturated rings. The number of carbonyl (C=O) groups is 2. The van der Waals surface area contributed by atoms with Gasteiger partial charge in [-0.3, -0.25) is 9.59 Å². The van der Waals surface area contributed by atoms with Crippen LogP contribution in [0.4, 0.5) is 5.69 Å². The molecule has 0 unspecified atom stereocenters. The first kappa shape index (κ1) is 11.4. The number of benzene rings is 1. The number of hydrogen-bond donors (Lipinski definition) is 3. The van der Waals surface area contributed by atoms with Gasteiger partial charge in [0.2, 0.25) is 5.91 Å². The van der Waals surface area contributed by atoms with Crippen LogP contribution in [0.5, 0.6) is 0 Å². The third-order valence-corrected chi connectivity index (χ3v) is 3.03. The SMILES string of the molecule is NC(=O)c1ccc(C(N)=O)c(NC2CCC2)c1. The Morgan fingerprint density at radius 2 is 1.88 bits per heavy atom. The van der Waals surface area contributed by atoms with Crippen LogP contribution >= 0.6 is 0 Å². The molecule has 1 aromatic carbocycles. The predicted octanol–water partition coefficient (Wildman–Crippen LogP) is 0.849. The lowest BCUT2D eigenvalue weighted by molar-refractivity contribution is 0.0989. The Hall–Kier alpha value is -2.04. The van der Waals surface area contributed by atoms with E-state index in [4.69, 9.17) is 11.5 Å². The van der Waals surface area contributed by atoms with E-state index in [-0.39, 0.29) is 0 Å². The number of nitrogens with two attached hydrogens (primary N) is 2. The number of amides is 2. The van der Waals surface area contributed by atoms with E-state index >= 15 is 0 Å². The van der Waals surface area contributed by atoms with Gasteiger partial charge in [-0.15, -0.1) is 0 Å². The number of rotatable bonds is 4. The van der Waals surface area contributed by atoms with E-state index in [1.165, 1.54) is 18.6 Å². The molecule has 0 spiro atoms. The highest BCUT2D eigenvalue weighted by atomic mass is 16.1. The zero-order valence-electron chi connectivity index (χ0n) is 9.40. The third kappa shape index (κ3) is 2.38. The van der Waals surface area contributed by atoms with Gasteiger partial charge in [-0.05, 0) is 37.5 Å². The number of primary amides is 2. The molecule has 17 heavy (non-hydrogen) atoms. The molecule has 0 aromatic heterocycles. The van der Waals surface area contributed by atoms with Crippen LogP contribution in [-0.4, -0.2) is 17.9 Å². The quantitative estimate of drug-likeness (QED) is 0.718. The molecular formula is C12H15N3O2. The topological polar surface area (TPSA) is 98.2 Å². The van der Waals surface area contributed by atoms with E-state index in [1.807, 2.05) is 0 Å². The van der Waals surface area contributed by atoms with Crippen molar-refractivity contribution in [1.29, 1.82) is 0 Å². The summed E-state index contributed by atoms with van der Waals surface area (Å²) in [5.74, 6) is -1.03. The Kier molecular flexibility index (Phi) is 2.99. The average Bonchev–Trinajstić information content (AvgIpc) is 2.22. The normalized spacial score (nSPS) is 15.1. The molecule has 1 aromatic rings. The van der Waals surface area contributed by atoms with Crippen molar-refractivity contribution in [2.45, 2.75) is 25.3 Å². The Labute approximate surface area is 99.2 Å². The molecule has 5 nitrogen and oxygen atoms in total. The first-order valence-electron chi connectivity index (χ1n) is 5.58. The molecule has 0 atom stereocenters. The van der Waals surface area contributed by atoms with Gasteiger partial charge in [0.15, 0.2) is 0 Å². The minimum Gasteiger partial charge on any atom is -0.382 e. The van der Waals surface area contributed by atoms with Crippen molar-refractivity contribution >= 4 is 17.5 Å². The Bertz CT molecular complexity index is 467. The Balaban J connectivity index is 2.32. The second kappa shape index (κ2) is 4.45. The van der Waals surface area contributed by atoms with Crippen molar-refractivity contribution in [2.75, 3.05) is 5.32 Å². The molecule has 5 N–H and O–H groups in total. The minimum atomic E-state index is -0.516. The van der Waals surface area contributed by atoms with E-state index in [2.05, 4.69) is 5.32 Å². The molecule has 0 saturated heterocycles. The fourth-order valence-corrected chi connectivity index (χ4v) is 1.80. The second-order valence-corrected chi connectivity index (χ2v) is 4.26. The fourth-order valence-electron chi connectivity index (χ4n) is 1.80. The number of anilines is 1. The molecular weight excluding hydrogens is 218 g/mol. The monoisotopic (exact) mass is 233 g/mol. The summed E-state index contributed by atoms with van der Waals surface area (Å²) >= 11 is 0. The highest BCUT2D eigenvalue weighted by Gasteiger charge is 2.20. The van der Waals surface area contributed by atoms with Crippen LogP contribution in [-0.2, 0) is 0 Å². The van der Waals surface area contributed by atoms with E-state index in [0.29, 0.717) is 22.9 Å². The van der Waals surface area contributed by atoms with Gasteiger partial charge in [-0.2, -0.15) is 0 Å². The highest BCUT2D eigenvalue weighted by Crippen LogP contribution is 2.26. The van der Waals surface area contributed by atoms with E-state index in [0.717, 1.165) is 12.8 Å². The van der Waals surface area contributed by atoms with Crippen molar-refractivity contribution in [3.63, 3.8) is 0 Å².